The molecule has 0 atom stereocenters. The molecule has 0 aliphatic carbocycles. The Morgan fingerprint density at radius 2 is 1.71 bits per heavy atom. The van der Waals surface area contributed by atoms with Gasteiger partial charge in [-0.3, -0.25) is 0 Å². The van der Waals surface area contributed by atoms with Gasteiger partial charge in [-0.15, -0.1) is 0 Å². The van der Waals surface area contributed by atoms with Gasteiger partial charge in [-0.05, 0) is 17.9 Å². The molecular weight excluding hydrogens is 172 g/mol. The Morgan fingerprint density at radius 1 is 1.21 bits per heavy atom. The van der Waals surface area contributed by atoms with Crippen molar-refractivity contribution >= 4 is 6.29 Å². The maximum Gasteiger partial charge on any atom is 0.119 e. The number of rotatable bonds is 3. The zero-order chi connectivity index (χ0) is 10.8. The molecule has 0 heterocycles. The van der Waals surface area contributed by atoms with E-state index in [1.165, 1.54) is 12.0 Å². The first-order valence-corrected chi connectivity index (χ1v) is 5.18. The molecule has 78 valence electrons. The second kappa shape index (κ2) is 8.49. The Balaban J connectivity index is 0.000000364. The highest BCUT2D eigenvalue weighted by Gasteiger charge is 1.94. The molecule has 0 bridgehead atoms. The lowest BCUT2D eigenvalue weighted by atomic mass is 10.0. The Labute approximate surface area is 87.2 Å². The fourth-order valence-electron chi connectivity index (χ4n) is 1.09. The minimum Gasteiger partial charge on any atom is -0.303 e. The molecule has 0 aromatic heterocycles. The Morgan fingerprint density at radius 3 is 2.07 bits per heavy atom. The lowest BCUT2D eigenvalue weighted by Crippen LogP contribution is -1.92. The van der Waals surface area contributed by atoms with E-state index in [1.54, 1.807) is 0 Å². The molecule has 0 saturated carbocycles. The van der Waals surface area contributed by atoms with Gasteiger partial charge in [0.15, 0.2) is 0 Å². The number of aldehydes is 1. The van der Waals surface area contributed by atoms with Gasteiger partial charge in [0.1, 0.15) is 6.29 Å². The van der Waals surface area contributed by atoms with Crippen molar-refractivity contribution in [2.24, 2.45) is 5.92 Å². The van der Waals surface area contributed by atoms with Crippen LogP contribution in [-0.2, 0) is 11.2 Å². The van der Waals surface area contributed by atoms with Gasteiger partial charge in [-0.1, -0.05) is 51.1 Å². The summed E-state index contributed by atoms with van der Waals surface area (Å²) in [6.45, 7) is 6.30. The van der Waals surface area contributed by atoms with Gasteiger partial charge in [0, 0.05) is 6.42 Å². The molecule has 1 heteroatoms. The molecule has 14 heavy (non-hydrogen) atoms. The van der Waals surface area contributed by atoms with Gasteiger partial charge in [0.2, 0.25) is 0 Å². The van der Waals surface area contributed by atoms with Gasteiger partial charge >= 0.3 is 0 Å². The summed E-state index contributed by atoms with van der Waals surface area (Å²) in [7, 11) is 0. The van der Waals surface area contributed by atoms with Crippen LogP contribution in [0.5, 0.6) is 0 Å². The Bertz CT molecular complexity index is 226. The highest BCUT2D eigenvalue weighted by molar-refractivity contribution is 5.48. The van der Waals surface area contributed by atoms with Crippen LogP contribution in [0.25, 0.3) is 0 Å². The minimum absolute atomic E-state index is 0.639. The van der Waals surface area contributed by atoms with Gasteiger partial charge in [0.05, 0.1) is 0 Å². The SMILES string of the molecule is CC(C)Cc1ccccc1.CCC=O. The lowest BCUT2D eigenvalue weighted by molar-refractivity contribution is -0.107. The van der Waals surface area contributed by atoms with Crippen LogP contribution in [0.2, 0.25) is 0 Å². The Kier molecular flexibility index (Phi) is 7.81. The number of carbonyl (C=O) groups is 1. The van der Waals surface area contributed by atoms with Crippen LogP contribution in [0.4, 0.5) is 0 Å². The van der Waals surface area contributed by atoms with Crippen molar-refractivity contribution in [3.63, 3.8) is 0 Å². The van der Waals surface area contributed by atoms with Crippen molar-refractivity contribution in [3.05, 3.63) is 35.9 Å². The summed E-state index contributed by atoms with van der Waals surface area (Å²) in [4.78, 5) is 9.17. The molecule has 0 amide bonds. The highest BCUT2D eigenvalue weighted by atomic mass is 16.1. The predicted octanol–water partition coefficient (Wildman–Crippen LogP) is 3.48. The quantitative estimate of drug-likeness (QED) is 0.670. The monoisotopic (exact) mass is 192 g/mol. The van der Waals surface area contributed by atoms with Crippen LogP contribution in [0.1, 0.15) is 32.8 Å². The molecule has 1 aromatic carbocycles. The average molecular weight is 192 g/mol. The molecule has 0 unspecified atom stereocenters. The van der Waals surface area contributed by atoms with E-state index in [4.69, 9.17) is 0 Å². The maximum absolute atomic E-state index is 9.17. The predicted molar refractivity (Wildman–Crippen MR) is 61.3 cm³/mol. The van der Waals surface area contributed by atoms with E-state index >= 15 is 0 Å². The number of hydrogen-bond donors (Lipinski definition) is 0. The second-order valence-corrected chi connectivity index (χ2v) is 3.66. The summed E-state index contributed by atoms with van der Waals surface area (Å²) in [6.07, 6.45) is 2.71. The summed E-state index contributed by atoms with van der Waals surface area (Å²) in [6, 6.07) is 10.6. The van der Waals surface area contributed by atoms with E-state index in [-0.39, 0.29) is 0 Å². The topological polar surface area (TPSA) is 17.1 Å². The molecule has 0 aliphatic rings. The van der Waals surface area contributed by atoms with E-state index in [9.17, 15) is 4.79 Å². The van der Waals surface area contributed by atoms with Crippen molar-refractivity contribution in [2.45, 2.75) is 33.6 Å². The fourth-order valence-corrected chi connectivity index (χ4v) is 1.09. The van der Waals surface area contributed by atoms with Crippen LogP contribution in [-0.4, -0.2) is 6.29 Å². The summed E-state index contributed by atoms with van der Waals surface area (Å²) in [5.41, 5.74) is 1.44. The maximum atomic E-state index is 9.17. The lowest BCUT2D eigenvalue weighted by Gasteiger charge is -2.02. The van der Waals surface area contributed by atoms with E-state index in [0.29, 0.717) is 6.42 Å². The van der Waals surface area contributed by atoms with E-state index in [1.807, 2.05) is 6.92 Å². The fraction of sp³-hybridized carbons (Fsp3) is 0.462. The highest BCUT2D eigenvalue weighted by Crippen LogP contribution is 2.05. The van der Waals surface area contributed by atoms with Crippen molar-refractivity contribution in [1.82, 2.24) is 0 Å². The van der Waals surface area contributed by atoms with Crippen molar-refractivity contribution in [2.75, 3.05) is 0 Å². The zero-order valence-corrected chi connectivity index (χ0v) is 9.36. The normalized spacial score (nSPS) is 9.14. The third-order valence-corrected chi connectivity index (χ3v) is 1.65. The molecular formula is C13H20O. The molecule has 0 N–H and O–H groups in total. The molecule has 0 aliphatic heterocycles. The van der Waals surface area contributed by atoms with Crippen LogP contribution in [0.3, 0.4) is 0 Å². The van der Waals surface area contributed by atoms with E-state index < -0.39 is 0 Å². The largest absolute Gasteiger partial charge is 0.303 e. The van der Waals surface area contributed by atoms with Crippen LogP contribution >= 0.6 is 0 Å². The first kappa shape index (κ1) is 12.9. The van der Waals surface area contributed by atoms with Gasteiger partial charge < -0.3 is 4.79 Å². The van der Waals surface area contributed by atoms with E-state index in [2.05, 4.69) is 44.2 Å². The molecule has 0 spiro atoms. The average Bonchev–Trinajstić information content (AvgIpc) is 2.19. The summed E-state index contributed by atoms with van der Waals surface area (Å²) in [5.74, 6) is 0.766. The molecule has 0 radical (unpaired) electrons. The van der Waals surface area contributed by atoms with Crippen LogP contribution in [0, 0.1) is 5.92 Å². The smallest absolute Gasteiger partial charge is 0.119 e. The number of carbonyl (C=O) groups excluding carboxylic acids is 1. The van der Waals surface area contributed by atoms with Crippen molar-refractivity contribution in [1.29, 1.82) is 0 Å². The van der Waals surface area contributed by atoms with Gasteiger partial charge in [-0.25, -0.2) is 0 Å². The zero-order valence-electron chi connectivity index (χ0n) is 9.36. The number of benzene rings is 1. The molecule has 1 rings (SSSR count). The molecule has 1 nitrogen and oxygen atoms in total. The third kappa shape index (κ3) is 7.53. The van der Waals surface area contributed by atoms with Crippen molar-refractivity contribution in [3.8, 4) is 0 Å². The summed E-state index contributed by atoms with van der Waals surface area (Å²) >= 11 is 0. The summed E-state index contributed by atoms with van der Waals surface area (Å²) < 4.78 is 0. The minimum atomic E-state index is 0.639. The summed E-state index contributed by atoms with van der Waals surface area (Å²) in [5, 5.41) is 0. The molecule has 0 saturated heterocycles. The van der Waals surface area contributed by atoms with Gasteiger partial charge in [-0.2, -0.15) is 0 Å². The standard InChI is InChI=1S/C10H14.C3H6O/c1-9(2)8-10-6-4-3-5-7-10;1-2-3-4/h3-7,9H,8H2,1-2H3;3H,2H2,1H3. The first-order valence-electron chi connectivity index (χ1n) is 5.18. The first-order chi connectivity index (χ1) is 6.70. The molecule has 0 fully saturated rings. The van der Waals surface area contributed by atoms with Crippen LogP contribution < -0.4 is 0 Å². The second-order valence-electron chi connectivity index (χ2n) is 3.66. The third-order valence-electron chi connectivity index (χ3n) is 1.65. The van der Waals surface area contributed by atoms with Crippen LogP contribution in [0.15, 0.2) is 30.3 Å². The number of hydrogen-bond acceptors (Lipinski definition) is 1. The molecule has 1 aromatic rings. The van der Waals surface area contributed by atoms with Crippen molar-refractivity contribution < 1.29 is 4.79 Å². The van der Waals surface area contributed by atoms with Gasteiger partial charge in [0.25, 0.3) is 0 Å². The van der Waals surface area contributed by atoms with E-state index in [0.717, 1.165) is 12.2 Å². The Hall–Kier alpha value is -1.11.